The number of ether oxygens (including phenoxy) is 1. The lowest BCUT2D eigenvalue weighted by Crippen LogP contribution is -2.16. The monoisotopic (exact) mass is 297 g/mol. The molecule has 0 bridgehead atoms. The summed E-state index contributed by atoms with van der Waals surface area (Å²) in [5, 5.41) is 7.20. The molecule has 8 heteroatoms. The largest absolute Gasteiger partial charge is 0.481 e. The Labute approximate surface area is 122 Å². The molecule has 7 nitrogen and oxygen atoms in total. The van der Waals surface area contributed by atoms with Crippen molar-refractivity contribution in [1.82, 2.24) is 25.4 Å². The lowest BCUT2D eigenvalue weighted by molar-refractivity contribution is 0.366. The number of methoxy groups -OCH3 is 1. The van der Waals surface area contributed by atoms with Gasteiger partial charge in [-0.25, -0.2) is 9.97 Å². The number of nitrogens with zero attached hydrogens (tertiary/aromatic N) is 4. The van der Waals surface area contributed by atoms with Gasteiger partial charge in [0.15, 0.2) is 0 Å². The molecule has 108 valence electrons. The minimum atomic E-state index is 0. The summed E-state index contributed by atoms with van der Waals surface area (Å²) >= 11 is 0. The van der Waals surface area contributed by atoms with Gasteiger partial charge in [-0.05, 0) is 25.3 Å². The lowest BCUT2D eigenvalue weighted by Gasteiger charge is -1.98. The minimum Gasteiger partial charge on any atom is -0.481 e. The SMILES string of the molecule is COc1cc(-c2noc(CNCC3CC3)n2)ncn1.Cl. The number of rotatable bonds is 6. The zero-order valence-corrected chi connectivity index (χ0v) is 11.9. The molecule has 1 aliphatic carbocycles. The van der Waals surface area contributed by atoms with E-state index in [0.29, 0.717) is 29.8 Å². The second-order valence-corrected chi connectivity index (χ2v) is 4.53. The predicted octanol–water partition coefficient (Wildman–Crippen LogP) is 1.46. The van der Waals surface area contributed by atoms with Gasteiger partial charge in [-0.15, -0.1) is 12.4 Å². The summed E-state index contributed by atoms with van der Waals surface area (Å²) in [6.45, 7) is 1.60. The van der Waals surface area contributed by atoms with Gasteiger partial charge in [0.25, 0.3) is 0 Å². The standard InChI is InChI=1S/C12H15N5O2.ClH/c1-18-10-4-9(14-7-15-10)12-16-11(19-17-12)6-13-5-8-2-3-8;/h4,7-8,13H,2-3,5-6H2,1H3;1H. The summed E-state index contributed by atoms with van der Waals surface area (Å²) in [5.41, 5.74) is 0.587. The highest BCUT2D eigenvalue weighted by molar-refractivity contribution is 5.85. The molecule has 20 heavy (non-hydrogen) atoms. The molecule has 0 amide bonds. The molecule has 0 aliphatic heterocycles. The van der Waals surface area contributed by atoms with E-state index in [9.17, 15) is 0 Å². The fraction of sp³-hybridized carbons (Fsp3) is 0.500. The summed E-state index contributed by atoms with van der Waals surface area (Å²) in [7, 11) is 1.55. The van der Waals surface area contributed by atoms with E-state index in [1.807, 2.05) is 0 Å². The van der Waals surface area contributed by atoms with E-state index in [1.165, 1.54) is 19.2 Å². The Balaban J connectivity index is 0.00000147. The molecule has 3 rings (SSSR count). The molecule has 0 saturated heterocycles. The Morgan fingerprint density at radius 1 is 1.40 bits per heavy atom. The van der Waals surface area contributed by atoms with Gasteiger partial charge in [0.2, 0.25) is 17.6 Å². The third-order valence-electron chi connectivity index (χ3n) is 2.95. The minimum absolute atomic E-state index is 0. The van der Waals surface area contributed by atoms with Crippen LogP contribution in [-0.2, 0) is 6.54 Å². The Bertz CT molecular complexity index is 558. The van der Waals surface area contributed by atoms with E-state index in [1.54, 1.807) is 13.2 Å². The van der Waals surface area contributed by atoms with Crippen LogP contribution < -0.4 is 10.1 Å². The fourth-order valence-corrected chi connectivity index (χ4v) is 1.71. The number of nitrogens with one attached hydrogen (secondary N) is 1. The first-order valence-corrected chi connectivity index (χ1v) is 6.25. The van der Waals surface area contributed by atoms with Gasteiger partial charge in [-0.2, -0.15) is 4.98 Å². The van der Waals surface area contributed by atoms with Crippen molar-refractivity contribution in [3.05, 3.63) is 18.3 Å². The summed E-state index contributed by atoms with van der Waals surface area (Å²) in [6, 6.07) is 1.67. The first-order valence-electron chi connectivity index (χ1n) is 6.25. The number of aromatic nitrogens is 4. The zero-order chi connectivity index (χ0) is 13.1. The maximum atomic E-state index is 5.17. The number of halogens is 1. The van der Waals surface area contributed by atoms with Crippen LogP contribution in [0.25, 0.3) is 11.5 Å². The van der Waals surface area contributed by atoms with Gasteiger partial charge in [-0.3, -0.25) is 0 Å². The predicted molar refractivity (Wildman–Crippen MR) is 73.6 cm³/mol. The quantitative estimate of drug-likeness (QED) is 0.863. The number of hydrogen-bond donors (Lipinski definition) is 1. The maximum Gasteiger partial charge on any atom is 0.240 e. The Kier molecular flexibility index (Phi) is 4.86. The van der Waals surface area contributed by atoms with E-state index < -0.39 is 0 Å². The maximum absolute atomic E-state index is 5.17. The van der Waals surface area contributed by atoms with Crippen LogP contribution in [0, 0.1) is 5.92 Å². The van der Waals surface area contributed by atoms with Crippen LogP contribution in [0.3, 0.4) is 0 Å². The highest BCUT2D eigenvalue weighted by Gasteiger charge is 2.20. The van der Waals surface area contributed by atoms with Crippen molar-refractivity contribution in [3.8, 4) is 17.4 Å². The van der Waals surface area contributed by atoms with Gasteiger partial charge in [-0.1, -0.05) is 5.16 Å². The van der Waals surface area contributed by atoms with Gasteiger partial charge in [0.05, 0.1) is 13.7 Å². The topological polar surface area (TPSA) is 86.0 Å². The van der Waals surface area contributed by atoms with E-state index in [-0.39, 0.29) is 12.4 Å². The summed E-state index contributed by atoms with van der Waals surface area (Å²) in [5.74, 6) is 2.31. The molecule has 2 aromatic rings. The molecular weight excluding hydrogens is 282 g/mol. The average molecular weight is 298 g/mol. The molecule has 0 spiro atoms. The molecule has 0 atom stereocenters. The van der Waals surface area contributed by atoms with Crippen LogP contribution in [0.2, 0.25) is 0 Å². The van der Waals surface area contributed by atoms with Gasteiger partial charge < -0.3 is 14.6 Å². The van der Waals surface area contributed by atoms with E-state index in [0.717, 1.165) is 12.5 Å². The van der Waals surface area contributed by atoms with Crippen molar-refractivity contribution in [1.29, 1.82) is 0 Å². The van der Waals surface area contributed by atoms with E-state index >= 15 is 0 Å². The van der Waals surface area contributed by atoms with Crippen LogP contribution in [0.5, 0.6) is 5.88 Å². The second kappa shape index (κ2) is 6.62. The van der Waals surface area contributed by atoms with Crippen molar-refractivity contribution >= 4 is 12.4 Å². The van der Waals surface area contributed by atoms with Crippen LogP contribution in [0.4, 0.5) is 0 Å². The first kappa shape index (κ1) is 14.7. The highest BCUT2D eigenvalue weighted by Crippen LogP contribution is 2.27. The van der Waals surface area contributed by atoms with Crippen molar-refractivity contribution in [2.75, 3.05) is 13.7 Å². The lowest BCUT2D eigenvalue weighted by atomic mass is 10.4. The van der Waals surface area contributed by atoms with E-state index in [2.05, 4.69) is 25.4 Å². The normalized spacial score (nSPS) is 13.8. The van der Waals surface area contributed by atoms with Crippen LogP contribution in [-0.4, -0.2) is 33.8 Å². The molecule has 0 unspecified atom stereocenters. The number of hydrogen-bond acceptors (Lipinski definition) is 7. The third-order valence-corrected chi connectivity index (χ3v) is 2.95. The molecule has 2 heterocycles. The molecule has 1 aliphatic rings. The molecular formula is C12H16ClN5O2. The molecule has 0 aromatic carbocycles. The van der Waals surface area contributed by atoms with Gasteiger partial charge >= 0.3 is 0 Å². The van der Waals surface area contributed by atoms with Crippen LogP contribution in [0.1, 0.15) is 18.7 Å². The second-order valence-electron chi connectivity index (χ2n) is 4.53. The Morgan fingerprint density at radius 2 is 2.25 bits per heavy atom. The summed E-state index contributed by atoms with van der Waals surface area (Å²) in [6.07, 6.45) is 4.06. The molecule has 0 radical (unpaired) electrons. The van der Waals surface area contributed by atoms with Crippen molar-refractivity contribution < 1.29 is 9.26 Å². The van der Waals surface area contributed by atoms with Crippen LogP contribution in [0.15, 0.2) is 16.9 Å². The third kappa shape index (κ3) is 3.64. The molecule has 1 fully saturated rings. The van der Waals surface area contributed by atoms with Gasteiger partial charge in [0, 0.05) is 6.07 Å². The smallest absolute Gasteiger partial charge is 0.240 e. The Morgan fingerprint density at radius 3 is 3.00 bits per heavy atom. The molecule has 1 saturated carbocycles. The molecule has 2 aromatic heterocycles. The van der Waals surface area contributed by atoms with Gasteiger partial charge in [0.1, 0.15) is 12.0 Å². The van der Waals surface area contributed by atoms with Crippen molar-refractivity contribution in [2.45, 2.75) is 19.4 Å². The summed E-state index contributed by atoms with van der Waals surface area (Å²) in [4.78, 5) is 12.3. The first-order chi connectivity index (χ1) is 9.35. The van der Waals surface area contributed by atoms with Crippen molar-refractivity contribution in [2.24, 2.45) is 5.92 Å². The van der Waals surface area contributed by atoms with Crippen LogP contribution >= 0.6 is 12.4 Å². The zero-order valence-electron chi connectivity index (χ0n) is 11.1. The summed E-state index contributed by atoms with van der Waals surface area (Å²) < 4.78 is 10.2. The molecule has 1 N–H and O–H groups in total. The Hall–Kier alpha value is -1.73. The highest BCUT2D eigenvalue weighted by atomic mass is 35.5. The van der Waals surface area contributed by atoms with E-state index in [4.69, 9.17) is 9.26 Å². The van der Waals surface area contributed by atoms with Crippen molar-refractivity contribution in [3.63, 3.8) is 0 Å². The fourth-order valence-electron chi connectivity index (χ4n) is 1.71. The average Bonchev–Trinajstić information content (AvgIpc) is 3.15.